The third kappa shape index (κ3) is 3.18. The van der Waals surface area contributed by atoms with Crippen molar-refractivity contribution in [3.63, 3.8) is 0 Å². The molecule has 0 spiro atoms. The molecular formula is C16H19N3O4. The Bertz CT molecular complexity index is 740. The fraction of sp³-hybridized carbons (Fsp3) is 0.500. The molecule has 0 radical (unpaired) electrons. The summed E-state index contributed by atoms with van der Waals surface area (Å²) in [6.07, 6.45) is 4.88. The quantitative estimate of drug-likeness (QED) is 0.930. The van der Waals surface area contributed by atoms with Gasteiger partial charge in [-0.1, -0.05) is 5.16 Å². The topological polar surface area (TPSA) is 96.5 Å². The number of hydrogen-bond acceptors (Lipinski definition) is 5. The third-order valence-electron chi connectivity index (χ3n) is 4.34. The lowest BCUT2D eigenvalue weighted by atomic mass is 9.97. The van der Waals surface area contributed by atoms with Crippen LogP contribution in [0.25, 0.3) is 11.1 Å². The Hall–Kier alpha value is -2.44. The van der Waals surface area contributed by atoms with Gasteiger partial charge in [0.25, 0.3) is 11.6 Å². The second-order valence-electron chi connectivity index (χ2n) is 5.93. The molecule has 3 rings (SSSR count). The van der Waals surface area contributed by atoms with Gasteiger partial charge in [-0.2, -0.15) is 0 Å². The van der Waals surface area contributed by atoms with Crippen LogP contribution in [0.1, 0.15) is 48.2 Å². The van der Waals surface area contributed by atoms with Crippen molar-refractivity contribution in [2.45, 2.75) is 45.1 Å². The summed E-state index contributed by atoms with van der Waals surface area (Å²) in [7, 11) is 0. The SMILES string of the molecule is Cc1noc2ncc(C(=O)N3CCCCC3CCC(=O)O)cc12. The number of aryl methyl sites for hydroxylation is 1. The zero-order chi connectivity index (χ0) is 16.4. The molecule has 0 saturated carbocycles. The highest BCUT2D eigenvalue weighted by molar-refractivity contribution is 5.97. The number of likely N-dealkylation sites (tertiary alicyclic amines) is 1. The number of aromatic nitrogens is 2. The standard InChI is InChI=1S/C16H19N3O4/c1-10-13-8-11(9-17-15(13)23-18-10)16(22)19-7-3-2-4-12(19)5-6-14(20)21/h8-9,12H,2-7H2,1H3,(H,20,21). The Morgan fingerprint density at radius 2 is 2.26 bits per heavy atom. The highest BCUT2D eigenvalue weighted by Gasteiger charge is 2.28. The van der Waals surface area contributed by atoms with Crippen LogP contribution in [0.2, 0.25) is 0 Å². The van der Waals surface area contributed by atoms with Crippen molar-refractivity contribution in [1.82, 2.24) is 15.0 Å². The van der Waals surface area contributed by atoms with Crippen molar-refractivity contribution in [3.05, 3.63) is 23.5 Å². The van der Waals surface area contributed by atoms with E-state index in [1.165, 1.54) is 6.20 Å². The average Bonchev–Trinajstić information content (AvgIpc) is 2.93. The minimum absolute atomic E-state index is 0.0216. The van der Waals surface area contributed by atoms with Crippen LogP contribution in [0.5, 0.6) is 0 Å². The second kappa shape index (κ2) is 6.36. The smallest absolute Gasteiger partial charge is 0.303 e. The molecular weight excluding hydrogens is 298 g/mol. The minimum atomic E-state index is -0.828. The van der Waals surface area contributed by atoms with Crippen molar-refractivity contribution in [2.24, 2.45) is 0 Å². The van der Waals surface area contributed by atoms with Crippen LogP contribution in [0.3, 0.4) is 0 Å². The van der Waals surface area contributed by atoms with Crippen LogP contribution in [-0.4, -0.2) is 44.6 Å². The zero-order valence-electron chi connectivity index (χ0n) is 13.0. The third-order valence-corrected chi connectivity index (χ3v) is 4.34. The van der Waals surface area contributed by atoms with Crippen molar-refractivity contribution >= 4 is 23.0 Å². The van der Waals surface area contributed by atoms with Crippen LogP contribution in [0, 0.1) is 6.92 Å². The van der Waals surface area contributed by atoms with Gasteiger partial charge < -0.3 is 14.5 Å². The number of rotatable bonds is 4. The van der Waals surface area contributed by atoms with E-state index in [1.54, 1.807) is 17.9 Å². The Kier molecular flexibility index (Phi) is 4.27. The number of piperidine rings is 1. The van der Waals surface area contributed by atoms with E-state index < -0.39 is 5.97 Å². The van der Waals surface area contributed by atoms with Gasteiger partial charge in [-0.05, 0) is 38.7 Å². The normalized spacial score (nSPS) is 18.3. The molecule has 3 heterocycles. The molecule has 1 saturated heterocycles. The number of carbonyl (C=O) groups excluding carboxylic acids is 1. The number of fused-ring (bicyclic) bond motifs is 1. The summed E-state index contributed by atoms with van der Waals surface area (Å²) < 4.78 is 5.06. The van der Waals surface area contributed by atoms with E-state index in [1.807, 2.05) is 0 Å². The number of pyridine rings is 1. The van der Waals surface area contributed by atoms with Gasteiger partial charge in [0.05, 0.1) is 16.6 Å². The fourth-order valence-electron chi connectivity index (χ4n) is 3.09. The maximum atomic E-state index is 12.8. The first-order chi connectivity index (χ1) is 11.1. The maximum Gasteiger partial charge on any atom is 0.303 e. The molecule has 2 aromatic rings. The van der Waals surface area contributed by atoms with E-state index in [0.717, 1.165) is 24.6 Å². The van der Waals surface area contributed by atoms with Crippen LogP contribution >= 0.6 is 0 Å². The monoisotopic (exact) mass is 317 g/mol. The molecule has 0 aliphatic carbocycles. The summed E-state index contributed by atoms with van der Waals surface area (Å²) in [4.78, 5) is 29.6. The summed E-state index contributed by atoms with van der Waals surface area (Å²) in [6.45, 7) is 2.46. The number of aliphatic carboxylic acids is 1. The molecule has 1 aliphatic rings. The summed E-state index contributed by atoms with van der Waals surface area (Å²) in [5, 5.41) is 13.5. The van der Waals surface area contributed by atoms with Gasteiger partial charge in [0.2, 0.25) is 0 Å². The number of carbonyl (C=O) groups is 2. The van der Waals surface area contributed by atoms with Gasteiger partial charge in [0.15, 0.2) is 0 Å². The van der Waals surface area contributed by atoms with E-state index in [0.29, 0.717) is 29.9 Å². The van der Waals surface area contributed by atoms with E-state index in [2.05, 4.69) is 10.1 Å². The summed E-state index contributed by atoms with van der Waals surface area (Å²) in [5.41, 5.74) is 1.61. The van der Waals surface area contributed by atoms with Crippen molar-refractivity contribution in [3.8, 4) is 0 Å². The van der Waals surface area contributed by atoms with Gasteiger partial charge in [0, 0.05) is 25.2 Å². The molecule has 1 aliphatic heterocycles. The number of amides is 1. The second-order valence-corrected chi connectivity index (χ2v) is 5.93. The van der Waals surface area contributed by atoms with Crippen LogP contribution in [0.15, 0.2) is 16.8 Å². The van der Waals surface area contributed by atoms with E-state index in [4.69, 9.17) is 9.63 Å². The Morgan fingerprint density at radius 1 is 1.43 bits per heavy atom. The van der Waals surface area contributed by atoms with Gasteiger partial charge in [-0.15, -0.1) is 0 Å². The predicted molar refractivity (Wildman–Crippen MR) is 82.1 cm³/mol. The molecule has 7 heteroatoms. The molecule has 23 heavy (non-hydrogen) atoms. The Labute approximate surface area is 133 Å². The summed E-state index contributed by atoms with van der Waals surface area (Å²) in [5.74, 6) is -0.929. The highest BCUT2D eigenvalue weighted by Crippen LogP contribution is 2.24. The van der Waals surface area contributed by atoms with Crippen molar-refractivity contribution in [2.75, 3.05) is 6.54 Å². The number of carboxylic acid groups (broad SMARTS) is 1. The molecule has 7 nitrogen and oxygen atoms in total. The molecule has 2 aromatic heterocycles. The van der Waals surface area contributed by atoms with Gasteiger partial charge >= 0.3 is 5.97 Å². The summed E-state index contributed by atoms with van der Waals surface area (Å²) in [6, 6.07) is 1.73. The lowest BCUT2D eigenvalue weighted by Crippen LogP contribution is -2.44. The first kappa shape index (κ1) is 15.5. The average molecular weight is 317 g/mol. The van der Waals surface area contributed by atoms with Crippen molar-refractivity contribution < 1.29 is 19.2 Å². The predicted octanol–water partition coefficient (Wildman–Crippen LogP) is 2.39. The number of nitrogens with zero attached hydrogens (tertiary/aromatic N) is 3. The van der Waals surface area contributed by atoms with E-state index >= 15 is 0 Å². The van der Waals surface area contributed by atoms with Gasteiger partial charge in [-0.25, -0.2) is 4.98 Å². The van der Waals surface area contributed by atoms with Gasteiger partial charge in [-0.3, -0.25) is 9.59 Å². The molecule has 1 unspecified atom stereocenters. The molecule has 0 aromatic carbocycles. The molecule has 122 valence electrons. The first-order valence-electron chi connectivity index (χ1n) is 7.81. The fourth-order valence-corrected chi connectivity index (χ4v) is 3.09. The number of hydrogen-bond donors (Lipinski definition) is 1. The Morgan fingerprint density at radius 3 is 3.04 bits per heavy atom. The number of carboxylic acids is 1. The molecule has 1 atom stereocenters. The molecule has 1 amide bonds. The van der Waals surface area contributed by atoms with Crippen LogP contribution in [0.4, 0.5) is 0 Å². The molecule has 1 N–H and O–H groups in total. The van der Waals surface area contributed by atoms with E-state index in [9.17, 15) is 9.59 Å². The largest absolute Gasteiger partial charge is 0.481 e. The van der Waals surface area contributed by atoms with Crippen molar-refractivity contribution in [1.29, 1.82) is 0 Å². The summed E-state index contributed by atoms with van der Waals surface area (Å²) >= 11 is 0. The lowest BCUT2D eigenvalue weighted by Gasteiger charge is -2.35. The minimum Gasteiger partial charge on any atom is -0.481 e. The Balaban J connectivity index is 1.83. The zero-order valence-corrected chi connectivity index (χ0v) is 13.0. The highest BCUT2D eigenvalue weighted by atomic mass is 16.5. The van der Waals surface area contributed by atoms with Crippen LogP contribution in [-0.2, 0) is 4.79 Å². The molecule has 0 bridgehead atoms. The van der Waals surface area contributed by atoms with Crippen LogP contribution < -0.4 is 0 Å². The van der Waals surface area contributed by atoms with Gasteiger partial charge in [0.1, 0.15) is 0 Å². The van der Waals surface area contributed by atoms with E-state index in [-0.39, 0.29) is 18.4 Å². The molecule has 1 fully saturated rings. The lowest BCUT2D eigenvalue weighted by molar-refractivity contribution is -0.137. The maximum absolute atomic E-state index is 12.8. The first-order valence-corrected chi connectivity index (χ1v) is 7.81.